The molecule has 9 heteroatoms. The third-order valence-electron chi connectivity index (χ3n) is 5.15. The monoisotopic (exact) mass is 390 g/mol. The van der Waals surface area contributed by atoms with E-state index in [2.05, 4.69) is 20.3 Å². The Morgan fingerprint density at radius 3 is 2.62 bits per heavy atom. The predicted octanol–water partition coefficient (Wildman–Crippen LogP) is 3.02. The van der Waals surface area contributed by atoms with Crippen molar-refractivity contribution in [1.82, 2.24) is 24.7 Å². The van der Waals surface area contributed by atoms with Gasteiger partial charge in [-0.3, -0.25) is 4.68 Å². The summed E-state index contributed by atoms with van der Waals surface area (Å²) >= 11 is 0. The minimum atomic E-state index is -0.331. The number of nitrogens with two attached hydrogens (primary N) is 2. The molecule has 0 aliphatic heterocycles. The summed E-state index contributed by atoms with van der Waals surface area (Å²) in [6.07, 6.45) is 6.77. The minimum absolute atomic E-state index is 0.207. The first-order chi connectivity index (χ1) is 14.1. The molecule has 0 spiro atoms. The smallest absolute Gasteiger partial charge is 0.227 e. The normalized spacial score (nSPS) is 18.6. The number of fused-ring (bicyclic) bond motifs is 1. The maximum Gasteiger partial charge on any atom is 0.227 e. The van der Waals surface area contributed by atoms with Crippen LogP contribution in [0.4, 0.5) is 21.8 Å². The summed E-state index contributed by atoms with van der Waals surface area (Å²) in [5.41, 5.74) is 15.0. The lowest BCUT2D eigenvalue weighted by Crippen LogP contribution is -2.38. The van der Waals surface area contributed by atoms with Crippen LogP contribution in [0.3, 0.4) is 0 Å². The largest absolute Gasteiger partial charge is 0.383 e. The fourth-order valence-electron chi connectivity index (χ4n) is 3.63. The number of nitrogens with zero attached hydrogens (tertiary/aromatic N) is 5. The molecular formula is C20H19FN8. The molecule has 3 heterocycles. The highest BCUT2D eigenvalue weighted by Gasteiger charge is 2.30. The number of rotatable bonds is 4. The Morgan fingerprint density at radius 1 is 1.10 bits per heavy atom. The van der Waals surface area contributed by atoms with Crippen molar-refractivity contribution in [2.45, 2.75) is 24.9 Å². The van der Waals surface area contributed by atoms with E-state index in [0.717, 1.165) is 29.3 Å². The van der Waals surface area contributed by atoms with Gasteiger partial charge in [-0.15, -0.1) is 0 Å². The zero-order chi connectivity index (χ0) is 20.0. The number of nitrogen functional groups attached to an aromatic ring is 1. The summed E-state index contributed by atoms with van der Waals surface area (Å²) in [4.78, 5) is 12.9. The standard InChI is InChI=1S/C20H19FN8/c21-12-2-1-3-14(6-12)27-20-25-9-11(10-26-20)18-17-16(4-5-24-19(17)23)29(28-18)15-7-13(22)8-15/h1-6,9-10,13,15H,7-8,22H2,(H2,23,24)(H,25,26,27). The van der Waals surface area contributed by atoms with E-state index < -0.39 is 0 Å². The molecule has 0 unspecified atom stereocenters. The van der Waals surface area contributed by atoms with E-state index in [9.17, 15) is 4.39 Å². The summed E-state index contributed by atoms with van der Waals surface area (Å²) in [5, 5.41) is 8.55. The lowest BCUT2D eigenvalue weighted by atomic mass is 9.88. The van der Waals surface area contributed by atoms with Crippen molar-refractivity contribution in [3.8, 4) is 11.3 Å². The Bertz CT molecular complexity index is 1180. The second-order valence-corrected chi connectivity index (χ2v) is 7.20. The maximum absolute atomic E-state index is 13.4. The average Bonchev–Trinajstić information content (AvgIpc) is 3.07. The molecule has 1 aromatic carbocycles. The fraction of sp³-hybridized carbons (Fsp3) is 0.200. The van der Waals surface area contributed by atoms with Crippen molar-refractivity contribution in [2.24, 2.45) is 5.73 Å². The molecule has 4 aromatic rings. The number of nitrogens with one attached hydrogen (secondary N) is 1. The topological polar surface area (TPSA) is 121 Å². The van der Waals surface area contributed by atoms with Gasteiger partial charge in [0, 0.05) is 35.9 Å². The number of benzene rings is 1. The quantitative estimate of drug-likeness (QED) is 0.490. The van der Waals surface area contributed by atoms with Gasteiger partial charge in [-0.1, -0.05) is 6.07 Å². The molecule has 1 aliphatic rings. The molecule has 0 saturated heterocycles. The zero-order valence-corrected chi connectivity index (χ0v) is 15.5. The van der Waals surface area contributed by atoms with E-state index >= 15 is 0 Å². The van der Waals surface area contributed by atoms with Crippen LogP contribution in [0.25, 0.3) is 22.2 Å². The first kappa shape index (κ1) is 17.5. The second kappa shape index (κ2) is 6.78. The van der Waals surface area contributed by atoms with Crippen LogP contribution in [0.5, 0.6) is 0 Å². The van der Waals surface area contributed by atoms with Gasteiger partial charge in [0.15, 0.2) is 0 Å². The molecule has 5 rings (SSSR count). The lowest BCUT2D eigenvalue weighted by molar-refractivity contribution is 0.254. The molecule has 0 radical (unpaired) electrons. The Hall–Kier alpha value is -3.59. The van der Waals surface area contributed by atoms with Gasteiger partial charge in [-0.05, 0) is 37.1 Å². The van der Waals surface area contributed by atoms with Crippen molar-refractivity contribution >= 4 is 28.4 Å². The molecule has 0 amide bonds. The fourth-order valence-corrected chi connectivity index (χ4v) is 3.63. The van der Waals surface area contributed by atoms with Crippen LogP contribution < -0.4 is 16.8 Å². The van der Waals surface area contributed by atoms with Crippen LogP contribution in [0.1, 0.15) is 18.9 Å². The Morgan fingerprint density at radius 2 is 1.90 bits per heavy atom. The van der Waals surface area contributed by atoms with Gasteiger partial charge in [0.25, 0.3) is 0 Å². The zero-order valence-electron chi connectivity index (χ0n) is 15.5. The van der Waals surface area contributed by atoms with Gasteiger partial charge in [-0.2, -0.15) is 5.10 Å². The van der Waals surface area contributed by atoms with Crippen LogP contribution in [0, 0.1) is 5.82 Å². The molecule has 8 nitrogen and oxygen atoms in total. The van der Waals surface area contributed by atoms with Crippen molar-refractivity contribution < 1.29 is 4.39 Å². The summed E-state index contributed by atoms with van der Waals surface area (Å²) in [7, 11) is 0. The average molecular weight is 390 g/mol. The predicted molar refractivity (Wildman–Crippen MR) is 109 cm³/mol. The van der Waals surface area contributed by atoms with Crippen molar-refractivity contribution in [1.29, 1.82) is 0 Å². The third-order valence-corrected chi connectivity index (χ3v) is 5.15. The first-order valence-corrected chi connectivity index (χ1v) is 9.32. The van der Waals surface area contributed by atoms with Gasteiger partial charge in [-0.25, -0.2) is 19.3 Å². The van der Waals surface area contributed by atoms with Crippen molar-refractivity contribution in [3.63, 3.8) is 0 Å². The molecule has 29 heavy (non-hydrogen) atoms. The minimum Gasteiger partial charge on any atom is -0.383 e. The first-order valence-electron chi connectivity index (χ1n) is 9.32. The Balaban J connectivity index is 1.50. The third kappa shape index (κ3) is 3.15. The van der Waals surface area contributed by atoms with E-state index in [1.165, 1.54) is 12.1 Å². The van der Waals surface area contributed by atoms with Crippen molar-refractivity contribution in [2.75, 3.05) is 11.1 Å². The number of hydrogen-bond donors (Lipinski definition) is 3. The Labute approximate surface area is 165 Å². The van der Waals surface area contributed by atoms with Crippen LogP contribution in [0.15, 0.2) is 48.9 Å². The summed E-state index contributed by atoms with van der Waals surface area (Å²) in [6, 6.07) is 8.48. The number of aromatic nitrogens is 5. The number of hydrogen-bond acceptors (Lipinski definition) is 7. The summed E-state index contributed by atoms with van der Waals surface area (Å²) < 4.78 is 15.3. The molecule has 0 atom stereocenters. The van der Waals surface area contributed by atoms with E-state index in [-0.39, 0.29) is 17.9 Å². The van der Waals surface area contributed by atoms with E-state index in [0.29, 0.717) is 23.1 Å². The highest BCUT2D eigenvalue weighted by atomic mass is 19.1. The van der Waals surface area contributed by atoms with E-state index in [1.807, 2.05) is 10.7 Å². The molecule has 3 aromatic heterocycles. The number of halogens is 1. The van der Waals surface area contributed by atoms with Gasteiger partial charge >= 0.3 is 0 Å². The molecule has 0 bridgehead atoms. The van der Waals surface area contributed by atoms with E-state index in [4.69, 9.17) is 16.6 Å². The molecular weight excluding hydrogens is 371 g/mol. The highest BCUT2D eigenvalue weighted by molar-refractivity contribution is 6.00. The Kier molecular flexibility index (Phi) is 4.09. The van der Waals surface area contributed by atoms with E-state index in [1.54, 1.807) is 30.7 Å². The summed E-state index contributed by atoms with van der Waals surface area (Å²) in [5.74, 6) is 0.441. The van der Waals surface area contributed by atoms with Crippen LogP contribution in [0.2, 0.25) is 0 Å². The van der Waals surface area contributed by atoms with Crippen LogP contribution in [-0.2, 0) is 0 Å². The second-order valence-electron chi connectivity index (χ2n) is 7.20. The van der Waals surface area contributed by atoms with Crippen LogP contribution in [-0.4, -0.2) is 30.8 Å². The molecule has 1 saturated carbocycles. The number of pyridine rings is 1. The lowest BCUT2D eigenvalue weighted by Gasteiger charge is -2.32. The van der Waals surface area contributed by atoms with Gasteiger partial charge in [0.05, 0.1) is 16.9 Å². The summed E-state index contributed by atoms with van der Waals surface area (Å²) in [6.45, 7) is 0. The van der Waals surface area contributed by atoms with Crippen LogP contribution >= 0.6 is 0 Å². The van der Waals surface area contributed by atoms with Gasteiger partial charge in [0.2, 0.25) is 5.95 Å². The highest BCUT2D eigenvalue weighted by Crippen LogP contribution is 2.37. The number of anilines is 3. The van der Waals surface area contributed by atoms with Crippen molar-refractivity contribution in [3.05, 3.63) is 54.7 Å². The molecule has 146 valence electrons. The van der Waals surface area contributed by atoms with Gasteiger partial charge in [0.1, 0.15) is 17.3 Å². The molecule has 1 aliphatic carbocycles. The van der Waals surface area contributed by atoms with Gasteiger partial charge < -0.3 is 16.8 Å². The molecule has 5 N–H and O–H groups in total. The molecule has 1 fully saturated rings. The SMILES string of the molecule is Nc1nccc2c1c(-c1cnc(Nc3cccc(F)c3)nc1)nn2C1CC(N)C1. The maximum atomic E-state index is 13.4.